The number of carbonyl (C=O) groups is 1. The highest BCUT2D eigenvalue weighted by atomic mass is 79.9. The summed E-state index contributed by atoms with van der Waals surface area (Å²) in [4.78, 5) is 11.5. The van der Waals surface area contributed by atoms with Crippen LogP contribution in [0.4, 0.5) is 4.39 Å². The Kier molecular flexibility index (Phi) is 5.41. The third-order valence-corrected chi connectivity index (χ3v) is 2.74. The molecule has 5 heteroatoms. The molecule has 94 valence electrons. The van der Waals surface area contributed by atoms with Crippen LogP contribution in [0.15, 0.2) is 22.7 Å². The maximum atomic E-state index is 13.0. The van der Waals surface area contributed by atoms with Crippen LogP contribution in [-0.2, 0) is 9.53 Å². The van der Waals surface area contributed by atoms with E-state index in [0.717, 1.165) is 0 Å². The Morgan fingerprint density at radius 2 is 2.18 bits per heavy atom. The topological polar surface area (TPSA) is 35.5 Å². The van der Waals surface area contributed by atoms with E-state index in [9.17, 15) is 9.18 Å². The van der Waals surface area contributed by atoms with Gasteiger partial charge < -0.3 is 9.47 Å². The zero-order valence-corrected chi connectivity index (χ0v) is 11.3. The predicted octanol–water partition coefficient (Wildman–Crippen LogP) is 3.31. The molecule has 1 aromatic rings. The molecule has 1 rings (SSSR count). The van der Waals surface area contributed by atoms with Gasteiger partial charge in [-0.15, -0.1) is 0 Å². The van der Waals surface area contributed by atoms with Crippen molar-refractivity contribution < 1.29 is 18.7 Å². The molecule has 1 aromatic carbocycles. The maximum Gasteiger partial charge on any atom is 0.347 e. The molecule has 0 aliphatic carbocycles. The van der Waals surface area contributed by atoms with E-state index in [1.807, 2.05) is 0 Å². The standard InChI is InChI=1S/C12H14BrFO3/c1-3-10(12(15)16-4-2)17-11-7-8(14)5-6-9(11)13/h5-7,10H,3-4H2,1-2H3. The second-order valence-corrected chi connectivity index (χ2v) is 4.20. The summed E-state index contributed by atoms with van der Waals surface area (Å²) in [7, 11) is 0. The van der Waals surface area contributed by atoms with E-state index in [2.05, 4.69) is 15.9 Å². The Labute approximate surface area is 108 Å². The Morgan fingerprint density at radius 1 is 1.47 bits per heavy atom. The number of halogens is 2. The number of hydrogen-bond donors (Lipinski definition) is 0. The average molecular weight is 305 g/mol. The molecule has 0 fully saturated rings. The van der Waals surface area contributed by atoms with E-state index in [4.69, 9.17) is 9.47 Å². The van der Waals surface area contributed by atoms with Crippen molar-refractivity contribution in [1.29, 1.82) is 0 Å². The highest BCUT2D eigenvalue weighted by Crippen LogP contribution is 2.27. The highest BCUT2D eigenvalue weighted by Gasteiger charge is 2.20. The van der Waals surface area contributed by atoms with Gasteiger partial charge in [-0.1, -0.05) is 6.92 Å². The first kappa shape index (κ1) is 14.0. The maximum absolute atomic E-state index is 13.0. The van der Waals surface area contributed by atoms with Gasteiger partial charge in [0, 0.05) is 6.07 Å². The van der Waals surface area contributed by atoms with Crippen molar-refractivity contribution in [3.63, 3.8) is 0 Å². The molecular weight excluding hydrogens is 291 g/mol. The smallest absolute Gasteiger partial charge is 0.347 e. The molecular formula is C12H14BrFO3. The first-order valence-corrected chi connectivity index (χ1v) is 6.16. The number of rotatable bonds is 5. The van der Waals surface area contributed by atoms with Crippen LogP contribution in [0.2, 0.25) is 0 Å². The molecule has 0 aromatic heterocycles. The van der Waals surface area contributed by atoms with Crippen LogP contribution in [0.25, 0.3) is 0 Å². The summed E-state index contributed by atoms with van der Waals surface area (Å²) in [5, 5.41) is 0. The van der Waals surface area contributed by atoms with Crippen molar-refractivity contribution in [1.82, 2.24) is 0 Å². The van der Waals surface area contributed by atoms with Crippen molar-refractivity contribution in [2.24, 2.45) is 0 Å². The van der Waals surface area contributed by atoms with Crippen LogP contribution in [0.5, 0.6) is 5.75 Å². The molecule has 17 heavy (non-hydrogen) atoms. The van der Waals surface area contributed by atoms with Gasteiger partial charge in [-0.25, -0.2) is 9.18 Å². The number of esters is 1. The third kappa shape index (κ3) is 4.00. The summed E-state index contributed by atoms with van der Waals surface area (Å²) >= 11 is 3.23. The van der Waals surface area contributed by atoms with Crippen molar-refractivity contribution in [3.05, 3.63) is 28.5 Å². The van der Waals surface area contributed by atoms with Gasteiger partial charge in [0.2, 0.25) is 0 Å². The molecule has 0 N–H and O–H groups in total. The summed E-state index contributed by atoms with van der Waals surface area (Å²) in [6.07, 6.45) is -0.255. The normalized spacial score (nSPS) is 12.0. The van der Waals surface area contributed by atoms with Crippen molar-refractivity contribution in [3.8, 4) is 5.75 Å². The Morgan fingerprint density at radius 3 is 2.76 bits per heavy atom. The predicted molar refractivity (Wildman–Crippen MR) is 65.4 cm³/mol. The average Bonchev–Trinajstić information content (AvgIpc) is 2.30. The fraction of sp³-hybridized carbons (Fsp3) is 0.417. The largest absolute Gasteiger partial charge is 0.477 e. The lowest BCUT2D eigenvalue weighted by molar-refractivity contribution is -0.151. The quantitative estimate of drug-likeness (QED) is 0.783. The molecule has 0 aliphatic heterocycles. The number of benzene rings is 1. The first-order chi connectivity index (χ1) is 8.08. The van der Waals surface area contributed by atoms with Gasteiger partial charge in [0.1, 0.15) is 11.6 Å². The van der Waals surface area contributed by atoms with Gasteiger partial charge in [-0.3, -0.25) is 0 Å². The van der Waals surface area contributed by atoms with Crippen LogP contribution in [0.1, 0.15) is 20.3 Å². The SMILES string of the molecule is CCOC(=O)C(CC)Oc1cc(F)ccc1Br. The molecule has 0 saturated carbocycles. The van der Waals surface area contributed by atoms with Crippen molar-refractivity contribution in [2.75, 3.05) is 6.61 Å². The Hall–Kier alpha value is -1.10. The van der Waals surface area contributed by atoms with E-state index in [1.54, 1.807) is 13.8 Å². The molecule has 1 atom stereocenters. The minimum atomic E-state index is -0.715. The van der Waals surface area contributed by atoms with Gasteiger partial charge in [-0.05, 0) is 41.4 Å². The molecule has 0 heterocycles. The van der Waals surface area contributed by atoms with Crippen molar-refractivity contribution in [2.45, 2.75) is 26.4 Å². The minimum absolute atomic E-state index is 0.295. The number of carbonyl (C=O) groups excluding carboxylic acids is 1. The van der Waals surface area contributed by atoms with Crippen LogP contribution >= 0.6 is 15.9 Å². The van der Waals surface area contributed by atoms with E-state index in [0.29, 0.717) is 23.2 Å². The number of ether oxygens (including phenoxy) is 2. The van der Waals surface area contributed by atoms with Crippen molar-refractivity contribution >= 4 is 21.9 Å². The first-order valence-electron chi connectivity index (χ1n) is 5.36. The van der Waals surface area contributed by atoms with Gasteiger partial charge in [0.15, 0.2) is 6.10 Å². The fourth-order valence-corrected chi connectivity index (χ4v) is 1.59. The summed E-state index contributed by atoms with van der Waals surface area (Å²) < 4.78 is 23.9. The third-order valence-electron chi connectivity index (χ3n) is 2.08. The van der Waals surface area contributed by atoms with E-state index < -0.39 is 17.9 Å². The van der Waals surface area contributed by atoms with Crippen LogP contribution < -0.4 is 4.74 Å². The van der Waals surface area contributed by atoms with Gasteiger partial charge in [-0.2, -0.15) is 0 Å². The molecule has 0 radical (unpaired) electrons. The van der Waals surface area contributed by atoms with Crippen LogP contribution in [0.3, 0.4) is 0 Å². The van der Waals surface area contributed by atoms with Gasteiger partial charge in [0.25, 0.3) is 0 Å². The lowest BCUT2D eigenvalue weighted by Crippen LogP contribution is -2.28. The lowest BCUT2D eigenvalue weighted by Gasteiger charge is -2.16. The number of hydrogen-bond acceptors (Lipinski definition) is 3. The highest BCUT2D eigenvalue weighted by molar-refractivity contribution is 9.10. The summed E-state index contributed by atoms with van der Waals surface area (Å²) in [6.45, 7) is 3.82. The van der Waals surface area contributed by atoms with E-state index in [-0.39, 0.29) is 0 Å². The van der Waals surface area contributed by atoms with Gasteiger partial charge in [0.05, 0.1) is 11.1 Å². The zero-order valence-electron chi connectivity index (χ0n) is 9.70. The molecule has 0 aliphatic rings. The Bertz CT molecular complexity index is 395. The monoisotopic (exact) mass is 304 g/mol. The molecule has 0 amide bonds. The Balaban J connectivity index is 2.80. The lowest BCUT2D eigenvalue weighted by atomic mass is 10.2. The van der Waals surface area contributed by atoms with Gasteiger partial charge >= 0.3 is 5.97 Å². The molecule has 0 saturated heterocycles. The molecule has 0 spiro atoms. The van der Waals surface area contributed by atoms with Crippen LogP contribution in [-0.4, -0.2) is 18.7 Å². The van der Waals surface area contributed by atoms with E-state index in [1.165, 1.54) is 18.2 Å². The minimum Gasteiger partial charge on any atom is -0.477 e. The molecule has 1 unspecified atom stereocenters. The molecule has 0 bridgehead atoms. The van der Waals surface area contributed by atoms with E-state index >= 15 is 0 Å². The summed E-state index contributed by atoms with van der Waals surface area (Å²) in [5.74, 6) is -0.557. The second-order valence-electron chi connectivity index (χ2n) is 3.34. The second kappa shape index (κ2) is 6.59. The fourth-order valence-electron chi connectivity index (χ4n) is 1.25. The summed E-state index contributed by atoms with van der Waals surface area (Å²) in [6, 6.07) is 4.07. The molecule has 3 nitrogen and oxygen atoms in total. The summed E-state index contributed by atoms with van der Waals surface area (Å²) in [5.41, 5.74) is 0. The zero-order chi connectivity index (χ0) is 12.8. The van der Waals surface area contributed by atoms with Crippen LogP contribution in [0, 0.1) is 5.82 Å².